The van der Waals surface area contributed by atoms with E-state index in [1.165, 1.54) is 6.26 Å². The third-order valence-electron chi connectivity index (χ3n) is 3.56. The molecule has 2 heterocycles. The topological polar surface area (TPSA) is 84.2 Å². The largest absolute Gasteiger partial charge is 0.469 e. The smallest absolute Gasteiger partial charge is 0.273 e. The number of hydrogen-bond donors (Lipinski definition) is 2. The Bertz CT molecular complexity index is 916. The van der Waals surface area contributed by atoms with Crippen LogP contribution in [0.15, 0.2) is 51.3 Å². The van der Waals surface area contributed by atoms with E-state index < -0.39 is 5.91 Å². The molecule has 134 valence electrons. The molecule has 0 aliphatic heterocycles. The highest BCUT2D eigenvalue weighted by Gasteiger charge is 2.13. The van der Waals surface area contributed by atoms with Gasteiger partial charge in [0.15, 0.2) is 0 Å². The van der Waals surface area contributed by atoms with E-state index in [1.54, 1.807) is 48.2 Å². The maximum absolute atomic E-state index is 12.1. The van der Waals surface area contributed by atoms with Crippen molar-refractivity contribution in [1.29, 1.82) is 0 Å². The number of hydrazine groups is 1. The number of aryl methyl sites for hydroxylation is 2. The van der Waals surface area contributed by atoms with Crippen LogP contribution in [-0.4, -0.2) is 16.8 Å². The van der Waals surface area contributed by atoms with Crippen LogP contribution in [0.3, 0.4) is 0 Å². The predicted octanol–water partition coefficient (Wildman–Crippen LogP) is 3.72. The van der Waals surface area contributed by atoms with Crippen LogP contribution >= 0.6 is 23.1 Å². The molecule has 0 saturated heterocycles. The van der Waals surface area contributed by atoms with Crippen molar-refractivity contribution in [1.82, 2.24) is 15.8 Å². The highest BCUT2D eigenvalue weighted by Crippen LogP contribution is 2.23. The number of thiazole rings is 1. The predicted molar refractivity (Wildman–Crippen MR) is 101 cm³/mol. The first kappa shape index (κ1) is 18.2. The fraction of sp³-hybridized carbons (Fsp3) is 0.167. The third-order valence-corrected chi connectivity index (χ3v) is 5.43. The van der Waals surface area contributed by atoms with E-state index in [0.29, 0.717) is 16.9 Å². The SMILES string of the molecule is Cc1nc(CSc2ccc(C(=O)NNC(=O)c3ccoc3C)cc2)cs1. The number of carbonyl (C=O) groups excluding carboxylic acids is 2. The first-order chi connectivity index (χ1) is 12.5. The van der Waals surface area contributed by atoms with Crippen LogP contribution in [0.25, 0.3) is 0 Å². The zero-order valence-corrected chi connectivity index (χ0v) is 15.9. The molecule has 3 aromatic rings. The fourth-order valence-electron chi connectivity index (χ4n) is 2.21. The molecule has 0 atom stereocenters. The van der Waals surface area contributed by atoms with Crippen LogP contribution < -0.4 is 10.9 Å². The van der Waals surface area contributed by atoms with E-state index in [4.69, 9.17) is 4.42 Å². The minimum Gasteiger partial charge on any atom is -0.469 e. The summed E-state index contributed by atoms with van der Waals surface area (Å²) < 4.78 is 5.07. The molecule has 26 heavy (non-hydrogen) atoms. The van der Waals surface area contributed by atoms with Crippen molar-refractivity contribution in [2.24, 2.45) is 0 Å². The lowest BCUT2D eigenvalue weighted by Crippen LogP contribution is -2.41. The van der Waals surface area contributed by atoms with Crippen molar-refractivity contribution in [2.45, 2.75) is 24.5 Å². The van der Waals surface area contributed by atoms with Gasteiger partial charge in [-0.25, -0.2) is 4.98 Å². The number of aromatic nitrogens is 1. The number of carbonyl (C=O) groups is 2. The zero-order chi connectivity index (χ0) is 18.5. The van der Waals surface area contributed by atoms with Gasteiger partial charge in [0.25, 0.3) is 11.8 Å². The minimum absolute atomic E-state index is 0.383. The van der Waals surface area contributed by atoms with Gasteiger partial charge in [0.2, 0.25) is 0 Å². The van der Waals surface area contributed by atoms with Crippen LogP contribution in [-0.2, 0) is 5.75 Å². The highest BCUT2D eigenvalue weighted by atomic mass is 32.2. The Labute approximate surface area is 159 Å². The van der Waals surface area contributed by atoms with Gasteiger partial charge in [0.1, 0.15) is 5.76 Å². The average molecular weight is 387 g/mol. The van der Waals surface area contributed by atoms with Crippen molar-refractivity contribution in [3.63, 3.8) is 0 Å². The quantitative estimate of drug-likeness (QED) is 0.515. The lowest BCUT2D eigenvalue weighted by molar-refractivity contribution is 0.0845. The molecule has 0 aliphatic carbocycles. The van der Waals surface area contributed by atoms with Gasteiger partial charge in [-0.2, -0.15) is 0 Å². The van der Waals surface area contributed by atoms with Gasteiger partial charge in [-0.05, 0) is 44.2 Å². The number of nitrogens with one attached hydrogen (secondary N) is 2. The highest BCUT2D eigenvalue weighted by molar-refractivity contribution is 7.98. The molecule has 0 saturated carbocycles. The van der Waals surface area contributed by atoms with Gasteiger partial charge in [-0.15, -0.1) is 23.1 Å². The van der Waals surface area contributed by atoms with Crippen LogP contribution in [0.5, 0.6) is 0 Å². The molecule has 0 spiro atoms. The Hall–Kier alpha value is -2.58. The first-order valence-electron chi connectivity index (χ1n) is 7.81. The summed E-state index contributed by atoms with van der Waals surface area (Å²) in [5.74, 6) is 0.477. The summed E-state index contributed by atoms with van der Waals surface area (Å²) in [5.41, 5.74) is 6.67. The monoisotopic (exact) mass is 387 g/mol. The van der Waals surface area contributed by atoms with Gasteiger partial charge in [0, 0.05) is 21.6 Å². The fourth-order valence-corrected chi connectivity index (χ4v) is 3.72. The molecule has 0 unspecified atom stereocenters. The Morgan fingerprint density at radius 1 is 1.12 bits per heavy atom. The van der Waals surface area contributed by atoms with E-state index in [0.717, 1.165) is 21.3 Å². The normalized spacial score (nSPS) is 10.5. The van der Waals surface area contributed by atoms with E-state index >= 15 is 0 Å². The number of nitrogens with zero attached hydrogens (tertiary/aromatic N) is 1. The second-order valence-electron chi connectivity index (χ2n) is 5.47. The van der Waals surface area contributed by atoms with E-state index in [1.807, 2.05) is 19.1 Å². The summed E-state index contributed by atoms with van der Waals surface area (Å²) in [6, 6.07) is 8.74. The summed E-state index contributed by atoms with van der Waals surface area (Å²) in [5, 5.41) is 3.11. The molecule has 0 fully saturated rings. The summed E-state index contributed by atoms with van der Waals surface area (Å²) in [7, 11) is 0. The maximum atomic E-state index is 12.1. The lowest BCUT2D eigenvalue weighted by atomic mass is 10.2. The van der Waals surface area contributed by atoms with Crippen molar-refractivity contribution in [2.75, 3.05) is 0 Å². The van der Waals surface area contributed by atoms with Crippen LogP contribution in [0.4, 0.5) is 0 Å². The van der Waals surface area contributed by atoms with Crippen LogP contribution in [0, 0.1) is 13.8 Å². The Balaban J connectivity index is 1.52. The van der Waals surface area contributed by atoms with Crippen LogP contribution in [0.2, 0.25) is 0 Å². The number of hydrogen-bond acceptors (Lipinski definition) is 6. The number of benzene rings is 1. The Morgan fingerprint density at radius 2 is 1.85 bits per heavy atom. The van der Waals surface area contributed by atoms with Gasteiger partial charge < -0.3 is 4.42 Å². The molecule has 2 amide bonds. The van der Waals surface area contributed by atoms with E-state index in [-0.39, 0.29) is 5.91 Å². The van der Waals surface area contributed by atoms with E-state index in [9.17, 15) is 9.59 Å². The summed E-state index contributed by atoms with van der Waals surface area (Å²) in [4.78, 5) is 29.5. The number of amides is 2. The molecule has 0 aliphatic rings. The second kappa shape index (κ2) is 8.20. The van der Waals surface area contributed by atoms with Crippen LogP contribution in [0.1, 0.15) is 37.2 Å². The first-order valence-corrected chi connectivity index (χ1v) is 9.68. The van der Waals surface area contributed by atoms with E-state index in [2.05, 4.69) is 21.2 Å². The third kappa shape index (κ3) is 4.53. The molecule has 0 bridgehead atoms. The van der Waals surface area contributed by atoms with Crippen molar-refractivity contribution in [3.05, 3.63) is 69.6 Å². The molecule has 0 radical (unpaired) electrons. The van der Waals surface area contributed by atoms with Crippen molar-refractivity contribution in [3.8, 4) is 0 Å². The molecule has 1 aromatic carbocycles. The van der Waals surface area contributed by atoms with Crippen molar-refractivity contribution >= 4 is 34.9 Å². The molecule has 6 nitrogen and oxygen atoms in total. The van der Waals surface area contributed by atoms with Gasteiger partial charge in [-0.3, -0.25) is 20.4 Å². The Kier molecular flexibility index (Phi) is 5.75. The molecular formula is C18H17N3O3S2. The Morgan fingerprint density at radius 3 is 2.46 bits per heavy atom. The number of thioether (sulfide) groups is 1. The van der Waals surface area contributed by atoms with Gasteiger partial charge in [0.05, 0.1) is 22.5 Å². The van der Waals surface area contributed by atoms with Gasteiger partial charge in [-0.1, -0.05) is 0 Å². The maximum Gasteiger partial charge on any atom is 0.273 e. The summed E-state index contributed by atoms with van der Waals surface area (Å²) in [6.45, 7) is 3.67. The van der Waals surface area contributed by atoms with Gasteiger partial charge >= 0.3 is 0 Å². The summed E-state index contributed by atoms with van der Waals surface area (Å²) in [6.07, 6.45) is 1.43. The van der Waals surface area contributed by atoms with Crippen molar-refractivity contribution < 1.29 is 14.0 Å². The molecule has 3 rings (SSSR count). The molecule has 2 N–H and O–H groups in total. The average Bonchev–Trinajstić information content (AvgIpc) is 3.26. The minimum atomic E-state index is -0.421. The number of furan rings is 1. The number of rotatable bonds is 5. The molecule has 8 heteroatoms. The molecule has 2 aromatic heterocycles. The lowest BCUT2D eigenvalue weighted by Gasteiger charge is -2.07. The standard InChI is InChI=1S/C18H17N3O3S2/c1-11-16(7-8-24-11)18(23)21-20-17(22)13-3-5-15(6-4-13)26-10-14-9-25-12(2)19-14/h3-9H,10H2,1-2H3,(H,20,22)(H,21,23). The molecular weight excluding hydrogens is 370 g/mol. The zero-order valence-electron chi connectivity index (χ0n) is 14.2. The second-order valence-corrected chi connectivity index (χ2v) is 7.58. The summed E-state index contributed by atoms with van der Waals surface area (Å²) >= 11 is 3.29.